The van der Waals surface area contributed by atoms with Crippen molar-refractivity contribution in [2.45, 2.75) is 52.6 Å². The molecule has 0 bridgehead atoms. The molecule has 0 unspecified atom stereocenters. The third-order valence-electron chi connectivity index (χ3n) is 4.36. The smallest absolute Gasteiger partial charge is 0.341 e. The van der Waals surface area contributed by atoms with E-state index in [2.05, 4.69) is 5.32 Å². The summed E-state index contributed by atoms with van der Waals surface area (Å²) >= 11 is 1.39. The third-order valence-corrected chi connectivity index (χ3v) is 5.57. The molecule has 1 aliphatic carbocycles. The Morgan fingerprint density at radius 1 is 1.32 bits per heavy atom. The van der Waals surface area contributed by atoms with Crippen molar-refractivity contribution in [3.05, 3.63) is 45.2 Å². The van der Waals surface area contributed by atoms with Gasteiger partial charge in [-0.2, -0.15) is 5.26 Å². The van der Waals surface area contributed by atoms with E-state index in [0.29, 0.717) is 22.1 Å². The van der Waals surface area contributed by atoms with Gasteiger partial charge in [-0.15, -0.1) is 11.3 Å². The second-order valence-electron chi connectivity index (χ2n) is 6.94. The van der Waals surface area contributed by atoms with Crippen LogP contribution in [0.2, 0.25) is 0 Å². The maximum Gasteiger partial charge on any atom is 0.341 e. The summed E-state index contributed by atoms with van der Waals surface area (Å²) in [5.41, 5.74) is 1.29. The van der Waals surface area contributed by atoms with Crippen LogP contribution in [0.5, 0.6) is 0 Å². The zero-order chi connectivity index (χ0) is 20.3. The normalized spacial score (nSPS) is 13.8. The first-order valence-electron chi connectivity index (χ1n) is 9.24. The largest absolute Gasteiger partial charge is 0.462 e. The fourth-order valence-corrected chi connectivity index (χ4v) is 4.41. The van der Waals surface area contributed by atoms with Crippen LogP contribution in [-0.4, -0.2) is 18.0 Å². The van der Waals surface area contributed by atoms with E-state index in [9.17, 15) is 14.9 Å². The molecule has 1 amide bonds. The van der Waals surface area contributed by atoms with Crippen molar-refractivity contribution < 1.29 is 18.7 Å². The van der Waals surface area contributed by atoms with E-state index in [1.165, 1.54) is 17.4 Å². The summed E-state index contributed by atoms with van der Waals surface area (Å²) in [4.78, 5) is 26.4. The summed E-state index contributed by atoms with van der Waals surface area (Å²) in [6.07, 6.45) is 4.86. The number of carbonyl (C=O) groups excluding carboxylic acids is 2. The second-order valence-corrected chi connectivity index (χ2v) is 8.05. The Labute approximate surface area is 167 Å². The Morgan fingerprint density at radius 2 is 2.07 bits per heavy atom. The van der Waals surface area contributed by atoms with Gasteiger partial charge in [0.1, 0.15) is 28.2 Å². The van der Waals surface area contributed by atoms with Gasteiger partial charge in [0, 0.05) is 11.0 Å². The Morgan fingerprint density at radius 3 is 2.71 bits per heavy atom. The van der Waals surface area contributed by atoms with E-state index >= 15 is 0 Å². The molecule has 2 heterocycles. The number of ether oxygens (including phenoxy) is 1. The van der Waals surface area contributed by atoms with Gasteiger partial charge in [0.25, 0.3) is 5.91 Å². The van der Waals surface area contributed by atoms with E-state index in [4.69, 9.17) is 9.15 Å². The molecular formula is C21H22N2O4S. The topological polar surface area (TPSA) is 92.3 Å². The highest BCUT2D eigenvalue weighted by molar-refractivity contribution is 7.17. The van der Waals surface area contributed by atoms with Crippen molar-refractivity contribution in [2.75, 3.05) is 5.32 Å². The van der Waals surface area contributed by atoms with Crippen LogP contribution in [0.4, 0.5) is 5.00 Å². The van der Waals surface area contributed by atoms with Gasteiger partial charge in [-0.1, -0.05) is 0 Å². The molecule has 1 N–H and O–H groups in total. The summed E-state index contributed by atoms with van der Waals surface area (Å²) in [7, 11) is 0. The molecule has 146 valence electrons. The number of amides is 1. The first-order chi connectivity index (χ1) is 13.4. The van der Waals surface area contributed by atoms with Crippen molar-refractivity contribution in [1.29, 1.82) is 5.26 Å². The number of esters is 1. The van der Waals surface area contributed by atoms with Gasteiger partial charge in [0.15, 0.2) is 0 Å². The second kappa shape index (κ2) is 8.44. The monoisotopic (exact) mass is 398 g/mol. The lowest BCUT2D eigenvalue weighted by Gasteiger charge is -2.14. The standard InChI is InChI=1S/C21H22N2O4S/c1-12(2)26-21(25)18-16-6-4-5-7-17(16)28-20(18)23-19(24)14(11-22)10-15-9-8-13(3)27-15/h8-10,12H,4-7H2,1-3H3,(H,23,24). The SMILES string of the molecule is Cc1ccc(C=C(C#N)C(=O)Nc2sc3c(c2C(=O)OC(C)C)CCCC3)o1. The summed E-state index contributed by atoms with van der Waals surface area (Å²) in [5.74, 6) is 0.102. The number of thiophene rings is 1. The number of nitrogens with zero attached hydrogens (tertiary/aromatic N) is 1. The Bertz CT molecular complexity index is 975. The van der Waals surface area contributed by atoms with Gasteiger partial charge in [-0.25, -0.2) is 4.79 Å². The lowest BCUT2D eigenvalue weighted by molar-refractivity contribution is -0.112. The Kier molecular flexibility index (Phi) is 6.00. The third kappa shape index (κ3) is 4.34. The summed E-state index contributed by atoms with van der Waals surface area (Å²) in [6, 6.07) is 5.35. The van der Waals surface area contributed by atoms with Crippen LogP contribution in [0.15, 0.2) is 22.1 Å². The van der Waals surface area contributed by atoms with Crippen LogP contribution in [0.3, 0.4) is 0 Å². The molecule has 0 aliphatic heterocycles. The molecule has 7 heteroatoms. The molecule has 3 rings (SSSR count). The molecule has 0 radical (unpaired) electrons. The van der Waals surface area contributed by atoms with E-state index in [1.54, 1.807) is 32.9 Å². The van der Waals surface area contributed by atoms with Crippen LogP contribution < -0.4 is 5.32 Å². The number of carbonyl (C=O) groups is 2. The molecule has 0 fully saturated rings. The van der Waals surface area contributed by atoms with E-state index in [0.717, 1.165) is 36.1 Å². The van der Waals surface area contributed by atoms with Gasteiger partial charge in [0.2, 0.25) is 0 Å². The van der Waals surface area contributed by atoms with Crippen LogP contribution in [0, 0.1) is 18.3 Å². The average molecular weight is 398 g/mol. The number of fused-ring (bicyclic) bond motifs is 1. The lowest BCUT2D eigenvalue weighted by atomic mass is 9.95. The summed E-state index contributed by atoms with van der Waals surface area (Å²) in [6.45, 7) is 5.36. The van der Waals surface area contributed by atoms with Crippen LogP contribution >= 0.6 is 11.3 Å². The Balaban J connectivity index is 1.91. The minimum absolute atomic E-state index is 0.0936. The van der Waals surface area contributed by atoms with Crippen LogP contribution in [0.25, 0.3) is 6.08 Å². The maximum atomic E-state index is 12.7. The van der Waals surface area contributed by atoms with Crippen molar-refractivity contribution in [2.24, 2.45) is 0 Å². The fraction of sp³-hybridized carbons (Fsp3) is 0.381. The van der Waals surface area contributed by atoms with Crippen molar-refractivity contribution in [3.8, 4) is 6.07 Å². The first-order valence-corrected chi connectivity index (χ1v) is 10.1. The minimum Gasteiger partial charge on any atom is -0.462 e. The highest BCUT2D eigenvalue weighted by atomic mass is 32.1. The predicted octanol–water partition coefficient (Wildman–Crippen LogP) is 4.64. The van der Waals surface area contributed by atoms with E-state index in [1.807, 2.05) is 6.07 Å². The molecule has 0 saturated heterocycles. The number of nitriles is 1. The molecule has 6 nitrogen and oxygen atoms in total. The van der Waals surface area contributed by atoms with Crippen LogP contribution in [-0.2, 0) is 22.4 Å². The highest BCUT2D eigenvalue weighted by Gasteiger charge is 2.28. The molecule has 28 heavy (non-hydrogen) atoms. The number of furan rings is 1. The molecule has 0 atom stereocenters. The van der Waals surface area contributed by atoms with Crippen LogP contribution in [0.1, 0.15) is 59.0 Å². The van der Waals surface area contributed by atoms with Gasteiger partial charge in [0.05, 0.1) is 11.7 Å². The fourth-order valence-electron chi connectivity index (χ4n) is 3.14. The quantitative estimate of drug-likeness (QED) is 0.450. The molecule has 0 saturated carbocycles. The predicted molar refractivity (Wildman–Crippen MR) is 107 cm³/mol. The van der Waals surface area contributed by atoms with E-state index < -0.39 is 11.9 Å². The Hall–Kier alpha value is -2.85. The van der Waals surface area contributed by atoms with Gasteiger partial charge < -0.3 is 14.5 Å². The van der Waals surface area contributed by atoms with Crippen molar-refractivity contribution in [1.82, 2.24) is 0 Å². The highest BCUT2D eigenvalue weighted by Crippen LogP contribution is 2.39. The average Bonchev–Trinajstić information content (AvgIpc) is 3.21. The molecule has 0 spiro atoms. The lowest BCUT2D eigenvalue weighted by Crippen LogP contribution is -2.18. The zero-order valence-corrected chi connectivity index (χ0v) is 16.9. The maximum absolute atomic E-state index is 12.7. The first kappa shape index (κ1) is 19.9. The molecule has 2 aromatic rings. The van der Waals surface area contributed by atoms with Gasteiger partial charge >= 0.3 is 5.97 Å². The zero-order valence-electron chi connectivity index (χ0n) is 16.1. The molecule has 0 aromatic carbocycles. The molecule has 1 aliphatic rings. The summed E-state index contributed by atoms with van der Waals surface area (Å²) in [5, 5.41) is 12.6. The number of rotatable bonds is 5. The molecule has 2 aromatic heterocycles. The number of hydrogen-bond donors (Lipinski definition) is 1. The molecular weight excluding hydrogens is 376 g/mol. The number of nitrogens with one attached hydrogen (secondary N) is 1. The minimum atomic E-state index is -0.575. The van der Waals surface area contributed by atoms with Gasteiger partial charge in [-0.3, -0.25) is 4.79 Å². The van der Waals surface area contributed by atoms with Crippen molar-refractivity contribution >= 4 is 34.3 Å². The van der Waals surface area contributed by atoms with Crippen molar-refractivity contribution in [3.63, 3.8) is 0 Å². The van der Waals surface area contributed by atoms with Gasteiger partial charge in [-0.05, 0) is 64.2 Å². The summed E-state index contributed by atoms with van der Waals surface area (Å²) < 4.78 is 10.8. The number of aryl methyl sites for hydroxylation is 2. The number of anilines is 1. The van der Waals surface area contributed by atoms with E-state index in [-0.39, 0.29) is 11.7 Å². The number of hydrogen-bond acceptors (Lipinski definition) is 6.